The Labute approximate surface area is 133 Å². The van der Waals surface area contributed by atoms with Gasteiger partial charge in [0.15, 0.2) is 6.10 Å². The Morgan fingerprint density at radius 3 is 3.13 bits per heavy atom. The van der Waals surface area contributed by atoms with Gasteiger partial charge in [0.2, 0.25) is 5.91 Å². The number of nitrogens with one attached hydrogen (secondary N) is 2. The minimum atomic E-state index is -0.807. The summed E-state index contributed by atoms with van der Waals surface area (Å²) in [7, 11) is 0. The molecule has 7 nitrogen and oxygen atoms in total. The minimum Gasteiger partial charge on any atom is -0.478 e. The zero-order chi connectivity index (χ0) is 16.2. The van der Waals surface area contributed by atoms with Crippen molar-refractivity contribution >= 4 is 17.5 Å². The number of imidazole rings is 1. The van der Waals surface area contributed by atoms with Crippen molar-refractivity contribution in [2.75, 3.05) is 11.9 Å². The third kappa shape index (κ3) is 3.68. The molecule has 0 bridgehead atoms. The second kappa shape index (κ2) is 6.51. The number of fused-ring (bicyclic) bond motifs is 1. The average molecular weight is 314 g/mol. The summed E-state index contributed by atoms with van der Waals surface area (Å²) < 4.78 is 7.50. The van der Waals surface area contributed by atoms with Crippen LogP contribution in [0.15, 0.2) is 36.9 Å². The molecular formula is C16H18N4O3. The number of hydrogen-bond donors (Lipinski definition) is 2. The van der Waals surface area contributed by atoms with Gasteiger partial charge in [-0.25, -0.2) is 4.98 Å². The summed E-state index contributed by atoms with van der Waals surface area (Å²) in [6.07, 6.45) is 4.37. The molecule has 0 radical (unpaired) electrons. The van der Waals surface area contributed by atoms with E-state index in [0.717, 1.165) is 5.56 Å². The number of benzene rings is 1. The molecule has 0 saturated heterocycles. The molecule has 2 amide bonds. The second-order valence-corrected chi connectivity index (χ2v) is 5.45. The van der Waals surface area contributed by atoms with Crippen LogP contribution in [0.4, 0.5) is 5.69 Å². The van der Waals surface area contributed by atoms with Gasteiger partial charge in [0.05, 0.1) is 18.4 Å². The summed E-state index contributed by atoms with van der Waals surface area (Å²) in [6.45, 7) is 3.04. The quantitative estimate of drug-likeness (QED) is 0.865. The van der Waals surface area contributed by atoms with Crippen molar-refractivity contribution in [3.05, 3.63) is 42.5 Å². The zero-order valence-electron chi connectivity index (χ0n) is 12.8. The average Bonchev–Trinajstić information content (AvgIpc) is 3.01. The third-order valence-corrected chi connectivity index (χ3v) is 3.58. The lowest BCUT2D eigenvalue weighted by Crippen LogP contribution is -2.41. The maximum atomic E-state index is 12.0. The Bertz CT molecular complexity index is 712. The van der Waals surface area contributed by atoms with E-state index in [2.05, 4.69) is 15.6 Å². The molecule has 2 heterocycles. The highest BCUT2D eigenvalue weighted by atomic mass is 16.5. The van der Waals surface area contributed by atoms with Gasteiger partial charge in [-0.2, -0.15) is 0 Å². The van der Waals surface area contributed by atoms with E-state index < -0.39 is 6.10 Å². The van der Waals surface area contributed by atoms with E-state index in [-0.39, 0.29) is 18.2 Å². The molecule has 0 fully saturated rings. The van der Waals surface area contributed by atoms with Crippen LogP contribution in [-0.2, 0) is 16.1 Å². The Hall–Kier alpha value is -2.83. The fourth-order valence-corrected chi connectivity index (χ4v) is 2.38. The molecular weight excluding hydrogens is 296 g/mol. The van der Waals surface area contributed by atoms with Crippen molar-refractivity contribution in [3.8, 4) is 5.75 Å². The van der Waals surface area contributed by atoms with Crippen LogP contribution >= 0.6 is 0 Å². The van der Waals surface area contributed by atoms with Crippen LogP contribution in [0.1, 0.15) is 12.0 Å². The topological polar surface area (TPSA) is 85.3 Å². The maximum absolute atomic E-state index is 12.0. The Kier molecular flexibility index (Phi) is 4.27. The van der Waals surface area contributed by atoms with Gasteiger partial charge in [-0.05, 0) is 24.6 Å². The highest BCUT2D eigenvalue weighted by Crippen LogP contribution is 2.30. The number of carbonyl (C=O) groups is 2. The van der Waals surface area contributed by atoms with Crippen molar-refractivity contribution in [1.82, 2.24) is 14.9 Å². The van der Waals surface area contributed by atoms with Crippen molar-refractivity contribution < 1.29 is 14.3 Å². The van der Waals surface area contributed by atoms with Crippen molar-refractivity contribution in [3.63, 3.8) is 0 Å². The Morgan fingerprint density at radius 1 is 1.48 bits per heavy atom. The lowest BCUT2D eigenvalue weighted by Gasteiger charge is -2.25. The van der Waals surface area contributed by atoms with Crippen LogP contribution in [0.5, 0.6) is 5.75 Å². The number of rotatable bonds is 5. The first kappa shape index (κ1) is 15.1. The number of carbonyl (C=O) groups excluding carboxylic acids is 2. The SMILES string of the molecule is Cc1ccc2c(c1)NC(=O)C(CC(=O)NCCn1ccnc1)O2. The number of aromatic nitrogens is 2. The van der Waals surface area contributed by atoms with Gasteiger partial charge in [-0.3, -0.25) is 9.59 Å². The van der Waals surface area contributed by atoms with E-state index in [1.54, 1.807) is 18.6 Å². The molecule has 0 spiro atoms. The first-order chi connectivity index (χ1) is 11.1. The number of ether oxygens (including phenoxy) is 1. The first-order valence-electron chi connectivity index (χ1n) is 7.42. The van der Waals surface area contributed by atoms with Gasteiger partial charge in [0.1, 0.15) is 5.75 Å². The molecule has 2 N–H and O–H groups in total. The molecule has 2 aromatic rings. The number of nitrogens with zero attached hydrogens (tertiary/aromatic N) is 2. The molecule has 1 aliphatic rings. The molecule has 7 heteroatoms. The largest absolute Gasteiger partial charge is 0.478 e. The molecule has 1 aromatic heterocycles. The number of aryl methyl sites for hydroxylation is 1. The number of anilines is 1. The highest BCUT2D eigenvalue weighted by Gasteiger charge is 2.29. The predicted octanol–water partition coefficient (Wildman–Crippen LogP) is 1.10. The van der Waals surface area contributed by atoms with E-state index in [9.17, 15) is 9.59 Å². The van der Waals surface area contributed by atoms with Crippen LogP contribution in [0, 0.1) is 6.92 Å². The van der Waals surface area contributed by atoms with E-state index >= 15 is 0 Å². The van der Waals surface area contributed by atoms with Crippen LogP contribution < -0.4 is 15.4 Å². The smallest absolute Gasteiger partial charge is 0.266 e. The summed E-state index contributed by atoms with van der Waals surface area (Å²) >= 11 is 0. The summed E-state index contributed by atoms with van der Waals surface area (Å²) in [4.78, 5) is 27.9. The molecule has 0 aliphatic carbocycles. The van der Waals surface area contributed by atoms with Crippen LogP contribution in [0.25, 0.3) is 0 Å². The second-order valence-electron chi connectivity index (χ2n) is 5.45. The van der Waals surface area contributed by atoms with Crippen molar-refractivity contribution in [2.45, 2.75) is 26.0 Å². The molecule has 1 aliphatic heterocycles. The van der Waals surface area contributed by atoms with E-state index in [4.69, 9.17) is 4.74 Å². The molecule has 1 atom stereocenters. The van der Waals surface area contributed by atoms with Gasteiger partial charge in [-0.1, -0.05) is 6.07 Å². The molecule has 0 saturated carbocycles. The zero-order valence-corrected chi connectivity index (χ0v) is 12.8. The summed E-state index contributed by atoms with van der Waals surface area (Å²) in [5.41, 5.74) is 1.68. The lowest BCUT2D eigenvalue weighted by atomic mass is 10.1. The summed E-state index contributed by atoms with van der Waals surface area (Å²) in [6, 6.07) is 5.54. The normalized spacial score (nSPS) is 16.2. The Balaban J connectivity index is 1.52. The van der Waals surface area contributed by atoms with Gasteiger partial charge < -0.3 is 19.9 Å². The maximum Gasteiger partial charge on any atom is 0.266 e. The molecule has 3 rings (SSSR count). The number of amides is 2. The highest BCUT2D eigenvalue weighted by molar-refractivity contribution is 6.00. The van der Waals surface area contributed by atoms with Gasteiger partial charge in [-0.15, -0.1) is 0 Å². The number of hydrogen-bond acceptors (Lipinski definition) is 4. The predicted molar refractivity (Wildman–Crippen MR) is 84.1 cm³/mol. The summed E-state index contributed by atoms with van der Waals surface area (Å²) in [5, 5.41) is 5.55. The van der Waals surface area contributed by atoms with E-state index in [1.165, 1.54) is 0 Å². The van der Waals surface area contributed by atoms with Gasteiger partial charge >= 0.3 is 0 Å². The van der Waals surface area contributed by atoms with E-state index in [1.807, 2.05) is 29.8 Å². The molecule has 120 valence electrons. The monoisotopic (exact) mass is 314 g/mol. The lowest BCUT2D eigenvalue weighted by molar-refractivity contribution is -0.130. The fourth-order valence-electron chi connectivity index (χ4n) is 2.38. The van der Waals surface area contributed by atoms with Crippen LogP contribution in [-0.4, -0.2) is 34.0 Å². The van der Waals surface area contributed by atoms with E-state index in [0.29, 0.717) is 24.5 Å². The van der Waals surface area contributed by atoms with Crippen molar-refractivity contribution in [2.24, 2.45) is 0 Å². The van der Waals surface area contributed by atoms with Gasteiger partial charge in [0, 0.05) is 25.5 Å². The van der Waals surface area contributed by atoms with Crippen LogP contribution in [0.2, 0.25) is 0 Å². The third-order valence-electron chi connectivity index (χ3n) is 3.58. The standard InChI is InChI=1S/C16H18N4O3/c1-11-2-3-13-12(8-11)19-16(22)14(23-13)9-15(21)18-5-7-20-6-4-17-10-20/h2-4,6,8,10,14H,5,7,9H2,1H3,(H,18,21)(H,19,22). The molecule has 1 aromatic carbocycles. The summed E-state index contributed by atoms with van der Waals surface area (Å²) in [5.74, 6) is 0.0695. The molecule has 23 heavy (non-hydrogen) atoms. The van der Waals surface area contributed by atoms with Gasteiger partial charge in [0.25, 0.3) is 5.91 Å². The van der Waals surface area contributed by atoms with Crippen LogP contribution in [0.3, 0.4) is 0 Å². The minimum absolute atomic E-state index is 0.0108. The first-order valence-corrected chi connectivity index (χ1v) is 7.42. The molecule has 1 unspecified atom stereocenters. The fraction of sp³-hybridized carbons (Fsp3) is 0.312. The Morgan fingerprint density at radius 2 is 2.35 bits per heavy atom. The van der Waals surface area contributed by atoms with Crippen molar-refractivity contribution in [1.29, 1.82) is 0 Å².